The Morgan fingerprint density at radius 3 is 2.82 bits per heavy atom. The van der Waals surface area contributed by atoms with E-state index in [9.17, 15) is 0 Å². The number of H-pyrrole nitrogens is 1. The lowest BCUT2D eigenvalue weighted by molar-refractivity contribution is 0.584. The Balaban J connectivity index is 2.13. The Hall–Kier alpha value is -1.10. The topological polar surface area (TPSA) is 38.5 Å². The van der Waals surface area contributed by atoms with Crippen molar-refractivity contribution in [3.63, 3.8) is 0 Å². The van der Waals surface area contributed by atoms with Crippen LogP contribution in [0.2, 0.25) is 0 Å². The van der Waals surface area contributed by atoms with E-state index in [0.717, 1.165) is 46.4 Å². The zero-order chi connectivity index (χ0) is 12.2. The molecule has 2 atom stereocenters. The van der Waals surface area contributed by atoms with Gasteiger partial charge in [-0.15, -0.1) is 0 Å². The average Bonchev–Trinajstić information content (AvgIpc) is 2.74. The van der Waals surface area contributed by atoms with E-state index in [4.69, 9.17) is 12.2 Å². The lowest BCUT2D eigenvalue weighted by Crippen LogP contribution is -2.05. The van der Waals surface area contributed by atoms with Crippen LogP contribution in [0.5, 0.6) is 0 Å². The summed E-state index contributed by atoms with van der Waals surface area (Å²) in [7, 11) is 2.00. The SMILES string of the molecule is CCc1nn(C)c2c1[nH]c(=S)n2CC1CC1C. The van der Waals surface area contributed by atoms with Crippen LogP contribution in [-0.4, -0.2) is 19.3 Å². The van der Waals surface area contributed by atoms with Crippen molar-refractivity contribution in [2.75, 3.05) is 0 Å². The van der Waals surface area contributed by atoms with Gasteiger partial charge in [0.15, 0.2) is 10.4 Å². The minimum absolute atomic E-state index is 0.792. The first kappa shape index (κ1) is 11.0. The largest absolute Gasteiger partial charge is 0.328 e. The molecule has 2 unspecified atom stereocenters. The maximum Gasteiger partial charge on any atom is 0.179 e. The number of aromatic amines is 1. The number of imidazole rings is 1. The van der Waals surface area contributed by atoms with Crippen LogP contribution in [0, 0.1) is 16.6 Å². The summed E-state index contributed by atoms with van der Waals surface area (Å²) in [6.45, 7) is 5.46. The van der Waals surface area contributed by atoms with Gasteiger partial charge in [0.25, 0.3) is 0 Å². The van der Waals surface area contributed by atoms with Crippen LogP contribution in [0.4, 0.5) is 0 Å². The number of hydrogen-bond acceptors (Lipinski definition) is 2. The standard InChI is InChI=1S/C12H18N4S/c1-4-9-10-11(15(3)14-9)16(12(17)13-10)6-8-5-7(8)2/h7-8H,4-6H2,1-3H3,(H,13,17). The molecule has 92 valence electrons. The van der Waals surface area contributed by atoms with Gasteiger partial charge in [-0.05, 0) is 36.9 Å². The fourth-order valence-corrected chi connectivity index (χ4v) is 2.85. The van der Waals surface area contributed by atoms with E-state index in [-0.39, 0.29) is 0 Å². The van der Waals surface area contributed by atoms with Gasteiger partial charge < -0.3 is 9.55 Å². The molecule has 0 amide bonds. The van der Waals surface area contributed by atoms with E-state index in [0.29, 0.717) is 0 Å². The fourth-order valence-electron chi connectivity index (χ4n) is 2.58. The summed E-state index contributed by atoms with van der Waals surface area (Å²) in [5.41, 5.74) is 3.37. The minimum atomic E-state index is 0.792. The third-order valence-electron chi connectivity index (χ3n) is 3.85. The van der Waals surface area contributed by atoms with Crippen LogP contribution < -0.4 is 0 Å². The lowest BCUT2D eigenvalue weighted by Gasteiger charge is -2.03. The summed E-state index contributed by atoms with van der Waals surface area (Å²) >= 11 is 5.42. The maximum atomic E-state index is 5.42. The molecular weight excluding hydrogens is 232 g/mol. The van der Waals surface area contributed by atoms with Crippen molar-refractivity contribution in [2.45, 2.75) is 33.2 Å². The van der Waals surface area contributed by atoms with Gasteiger partial charge in [-0.1, -0.05) is 13.8 Å². The first-order valence-electron chi connectivity index (χ1n) is 6.26. The highest BCUT2D eigenvalue weighted by molar-refractivity contribution is 7.71. The lowest BCUT2D eigenvalue weighted by atomic mass is 10.3. The second-order valence-corrected chi connectivity index (χ2v) is 5.52. The van der Waals surface area contributed by atoms with Crippen LogP contribution in [0.3, 0.4) is 0 Å². The molecule has 0 saturated heterocycles. The number of fused-ring (bicyclic) bond motifs is 1. The van der Waals surface area contributed by atoms with E-state index in [1.807, 2.05) is 11.7 Å². The van der Waals surface area contributed by atoms with Crippen LogP contribution in [-0.2, 0) is 20.0 Å². The third-order valence-corrected chi connectivity index (χ3v) is 4.17. The molecule has 1 aliphatic carbocycles. The molecule has 2 aromatic rings. The summed E-state index contributed by atoms with van der Waals surface area (Å²) in [4.78, 5) is 3.31. The number of nitrogens with one attached hydrogen (secondary N) is 1. The van der Waals surface area contributed by atoms with Crippen molar-refractivity contribution in [2.24, 2.45) is 18.9 Å². The Labute approximate surface area is 106 Å². The smallest absolute Gasteiger partial charge is 0.179 e. The maximum absolute atomic E-state index is 5.42. The predicted octanol–water partition coefficient (Wildman–Crippen LogP) is 2.65. The van der Waals surface area contributed by atoms with E-state index in [1.54, 1.807) is 0 Å². The molecular formula is C12H18N4S. The molecule has 17 heavy (non-hydrogen) atoms. The zero-order valence-electron chi connectivity index (χ0n) is 10.5. The molecule has 0 aliphatic heterocycles. The highest BCUT2D eigenvalue weighted by Crippen LogP contribution is 2.39. The summed E-state index contributed by atoms with van der Waals surface area (Å²) in [6.07, 6.45) is 2.26. The number of nitrogens with zero attached hydrogens (tertiary/aromatic N) is 3. The fraction of sp³-hybridized carbons (Fsp3) is 0.667. The van der Waals surface area contributed by atoms with Crippen molar-refractivity contribution in [1.82, 2.24) is 19.3 Å². The summed E-state index contributed by atoms with van der Waals surface area (Å²) < 4.78 is 5.00. The molecule has 3 rings (SSSR count). The molecule has 4 nitrogen and oxygen atoms in total. The van der Waals surface area contributed by atoms with E-state index in [1.165, 1.54) is 6.42 Å². The van der Waals surface area contributed by atoms with Gasteiger partial charge in [-0.2, -0.15) is 5.10 Å². The monoisotopic (exact) mass is 250 g/mol. The van der Waals surface area contributed by atoms with Crippen molar-refractivity contribution < 1.29 is 0 Å². The second-order valence-electron chi connectivity index (χ2n) is 5.14. The number of aryl methyl sites for hydroxylation is 2. The van der Waals surface area contributed by atoms with Crippen LogP contribution in [0.1, 0.15) is 26.0 Å². The molecule has 2 heterocycles. The van der Waals surface area contributed by atoms with Gasteiger partial charge in [0.05, 0.1) is 5.69 Å². The van der Waals surface area contributed by atoms with Gasteiger partial charge in [0, 0.05) is 13.6 Å². The van der Waals surface area contributed by atoms with E-state index >= 15 is 0 Å². The molecule has 5 heteroatoms. The second kappa shape index (κ2) is 3.70. The number of rotatable bonds is 3. The Kier molecular flexibility index (Phi) is 2.40. The molecule has 0 radical (unpaired) electrons. The van der Waals surface area contributed by atoms with Crippen LogP contribution >= 0.6 is 12.2 Å². The molecule has 2 aromatic heterocycles. The number of aromatic nitrogens is 4. The van der Waals surface area contributed by atoms with Crippen molar-refractivity contribution in [3.8, 4) is 0 Å². The van der Waals surface area contributed by atoms with Crippen LogP contribution in [0.25, 0.3) is 11.2 Å². The highest BCUT2D eigenvalue weighted by atomic mass is 32.1. The first-order valence-corrected chi connectivity index (χ1v) is 6.67. The highest BCUT2D eigenvalue weighted by Gasteiger charge is 2.33. The molecule has 1 aliphatic rings. The van der Waals surface area contributed by atoms with E-state index in [2.05, 4.69) is 28.5 Å². The van der Waals surface area contributed by atoms with Gasteiger partial charge in [0.1, 0.15) is 5.52 Å². The molecule has 1 N–H and O–H groups in total. The molecule has 1 fully saturated rings. The van der Waals surface area contributed by atoms with Crippen molar-refractivity contribution >= 4 is 23.4 Å². The Morgan fingerprint density at radius 2 is 2.24 bits per heavy atom. The van der Waals surface area contributed by atoms with Gasteiger partial charge in [0.2, 0.25) is 0 Å². The predicted molar refractivity (Wildman–Crippen MR) is 70.5 cm³/mol. The normalized spacial score (nSPS) is 23.5. The summed E-state index contributed by atoms with van der Waals surface area (Å²) in [5, 5.41) is 4.54. The van der Waals surface area contributed by atoms with Gasteiger partial charge in [-0.3, -0.25) is 4.68 Å². The average molecular weight is 250 g/mol. The minimum Gasteiger partial charge on any atom is -0.328 e. The van der Waals surface area contributed by atoms with Crippen molar-refractivity contribution in [3.05, 3.63) is 10.5 Å². The van der Waals surface area contributed by atoms with Gasteiger partial charge >= 0.3 is 0 Å². The number of hydrogen-bond donors (Lipinski definition) is 1. The first-order chi connectivity index (χ1) is 8.11. The Morgan fingerprint density at radius 1 is 1.53 bits per heavy atom. The molecule has 0 bridgehead atoms. The third kappa shape index (κ3) is 1.64. The quantitative estimate of drug-likeness (QED) is 0.851. The van der Waals surface area contributed by atoms with E-state index < -0.39 is 0 Å². The summed E-state index contributed by atoms with van der Waals surface area (Å²) in [6, 6.07) is 0. The summed E-state index contributed by atoms with van der Waals surface area (Å²) in [5.74, 6) is 1.64. The molecule has 1 saturated carbocycles. The Bertz CT molecular complexity index is 618. The van der Waals surface area contributed by atoms with Crippen molar-refractivity contribution in [1.29, 1.82) is 0 Å². The molecule has 0 aromatic carbocycles. The van der Waals surface area contributed by atoms with Gasteiger partial charge in [-0.25, -0.2) is 0 Å². The zero-order valence-corrected chi connectivity index (χ0v) is 11.3. The molecule has 0 spiro atoms. The van der Waals surface area contributed by atoms with Crippen LogP contribution in [0.15, 0.2) is 0 Å².